The van der Waals surface area contributed by atoms with Gasteiger partial charge in [0.2, 0.25) is 0 Å². The third-order valence-electron chi connectivity index (χ3n) is 5.19. The van der Waals surface area contributed by atoms with E-state index < -0.39 is 0 Å². The minimum Gasteiger partial charge on any atom is -0.492 e. The lowest BCUT2D eigenvalue weighted by Crippen LogP contribution is -2.12. The number of hydrogen-bond donors (Lipinski definition) is 0. The summed E-state index contributed by atoms with van der Waals surface area (Å²) in [5.41, 5.74) is 3.28. The van der Waals surface area contributed by atoms with Gasteiger partial charge in [0.25, 0.3) is 0 Å². The Bertz CT molecular complexity index is 713. The maximum absolute atomic E-state index is 5.40. The average Bonchev–Trinajstić information content (AvgIpc) is 2.68. The predicted octanol–water partition coefficient (Wildman–Crippen LogP) is 5.56. The van der Waals surface area contributed by atoms with Gasteiger partial charge in [-0.15, -0.1) is 0 Å². The van der Waals surface area contributed by atoms with Gasteiger partial charge in [0.1, 0.15) is 11.4 Å². The van der Waals surface area contributed by atoms with Gasteiger partial charge in [-0.05, 0) is 80.2 Å². The van der Waals surface area contributed by atoms with Crippen molar-refractivity contribution in [3.8, 4) is 17.6 Å². The Morgan fingerprint density at radius 1 is 0.960 bits per heavy atom. The lowest BCUT2D eigenvalue weighted by Gasteiger charge is -2.28. The van der Waals surface area contributed by atoms with Crippen molar-refractivity contribution < 1.29 is 4.74 Å². The number of benzene rings is 1. The van der Waals surface area contributed by atoms with E-state index in [1.807, 2.05) is 19.1 Å². The third-order valence-corrected chi connectivity index (χ3v) is 5.19. The molecule has 0 radical (unpaired) electrons. The lowest BCUT2D eigenvalue weighted by atomic mass is 9.78. The first-order chi connectivity index (χ1) is 12.3. The van der Waals surface area contributed by atoms with Crippen LogP contribution in [0.3, 0.4) is 0 Å². The molecule has 1 fully saturated rings. The van der Waals surface area contributed by atoms with Gasteiger partial charge < -0.3 is 4.74 Å². The first-order valence-corrected chi connectivity index (χ1v) is 9.49. The summed E-state index contributed by atoms with van der Waals surface area (Å²) >= 11 is 0. The number of hydrogen-bond acceptors (Lipinski definition) is 2. The summed E-state index contributed by atoms with van der Waals surface area (Å²) in [5.74, 6) is 8.80. The van der Waals surface area contributed by atoms with Crippen LogP contribution in [0.5, 0.6) is 5.75 Å². The molecule has 1 aliphatic rings. The zero-order valence-corrected chi connectivity index (χ0v) is 15.3. The summed E-state index contributed by atoms with van der Waals surface area (Å²) in [4.78, 5) is 4.32. The maximum Gasteiger partial charge on any atom is 0.137 e. The minimum atomic E-state index is 0.652. The van der Waals surface area contributed by atoms with Crippen molar-refractivity contribution in [2.45, 2.75) is 51.9 Å². The molecule has 2 aromatic rings. The molecule has 0 N–H and O–H groups in total. The highest BCUT2D eigenvalue weighted by Gasteiger charge is 2.20. The molecule has 1 heterocycles. The number of ether oxygens (including phenoxy) is 1. The highest BCUT2D eigenvalue weighted by atomic mass is 16.5. The SMILES string of the molecule is CCOc1ccc(C#Cc2ccc(C3CCC(CC)CC3)cc2)nc1. The van der Waals surface area contributed by atoms with Crippen molar-refractivity contribution in [1.29, 1.82) is 0 Å². The number of rotatable bonds is 4. The Labute approximate surface area is 151 Å². The Morgan fingerprint density at radius 2 is 1.72 bits per heavy atom. The molecule has 0 spiro atoms. The van der Waals surface area contributed by atoms with E-state index in [-0.39, 0.29) is 0 Å². The van der Waals surface area contributed by atoms with E-state index in [4.69, 9.17) is 4.74 Å². The van der Waals surface area contributed by atoms with Crippen LogP contribution < -0.4 is 4.74 Å². The van der Waals surface area contributed by atoms with Gasteiger partial charge in [-0.3, -0.25) is 0 Å². The van der Waals surface area contributed by atoms with Gasteiger partial charge in [-0.2, -0.15) is 0 Å². The molecule has 25 heavy (non-hydrogen) atoms. The van der Waals surface area contributed by atoms with Gasteiger partial charge >= 0.3 is 0 Å². The second-order valence-corrected chi connectivity index (χ2v) is 6.81. The second kappa shape index (κ2) is 8.72. The number of nitrogens with zero attached hydrogens (tertiary/aromatic N) is 1. The van der Waals surface area contributed by atoms with Crippen LogP contribution in [0.4, 0.5) is 0 Å². The van der Waals surface area contributed by atoms with Gasteiger partial charge in [-0.25, -0.2) is 4.98 Å². The Kier molecular flexibility index (Phi) is 6.12. The summed E-state index contributed by atoms with van der Waals surface area (Å²) in [6.07, 6.45) is 8.49. The maximum atomic E-state index is 5.40. The van der Waals surface area contributed by atoms with Crippen molar-refractivity contribution in [2.75, 3.05) is 6.61 Å². The van der Waals surface area contributed by atoms with Gasteiger partial charge in [0.15, 0.2) is 0 Å². The van der Waals surface area contributed by atoms with Crippen molar-refractivity contribution >= 4 is 0 Å². The summed E-state index contributed by atoms with van der Waals surface area (Å²) in [6.45, 7) is 4.93. The van der Waals surface area contributed by atoms with E-state index >= 15 is 0 Å². The fraction of sp³-hybridized carbons (Fsp3) is 0.435. The smallest absolute Gasteiger partial charge is 0.137 e. The van der Waals surface area contributed by atoms with Gasteiger partial charge in [0.05, 0.1) is 12.8 Å². The molecule has 0 amide bonds. The Balaban J connectivity index is 1.61. The standard InChI is InChI=1S/C23H27NO/c1-3-18-5-10-20(11-6-18)21-12-7-19(8-13-21)9-14-22-15-16-23(17-24-22)25-4-2/h7-8,12-13,15-18,20H,3-6,10-11H2,1-2H3. The quantitative estimate of drug-likeness (QED) is 0.683. The van der Waals surface area contributed by atoms with Gasteiger partial charge in [0, 0.05) is 5.56 Å². The molecule has 0 saturated heterocycles. The van der Waals surface area contributed by atoms with Crippen molar-refractivity contribution in [3.63, 3.8) is 0 Å². The van der Waals surface area contributed by atoms with Crippen LogP contribution in [-0.2, 0) is 0 Å². The summed E-state index contributed by atoms with van der Waals surface area (Å²) in [6, 6.07) is 12.6. The zero-order chi connectivity index (χ0) is 17.5. The van der Waals surface area contributed by atoms with Crippen molar-refractivity contribution in [3.05, 3.63) is 59.4 Å². The Hall–Kier alpha value is -2.27. The third kappa shape index (κ3) is 4.86. The molecular formula is C23H27NO. The molecule has 1 saturated carbocycles. The monoisotopic (exact) mass is 333 g/mol. The topological polar surface area (TPSA) is 22.1 Å². The van der Waals surface area contributed by atoms with Crippen LogP contribution in [-0.4, -0.2) is 11.6 Å². The van der Waals surface area contributed by atoms with E-state index in [1.165, 1.54) is 37.7 Å². The molecule has 0 bridgehead atoms. The molecule has 1 aromatic carbocycles. The molecule has 0 aliphatic heterocycles. The molecule has 3 rings (SSSR count). The fourth-order valence-corrected chi connectivity index (χ4v) is 3.59. The number of pyridine rings is 1. The van der Waals surface area contributed by atoms with E-state index in [9.17, 15) is 0 Å². The predicted molar refractivity (Wildman–Crippen MR) is 103 cm³/mol. The number of aromatic nitrogens is 1. The van der Waals surface area contributed by atoms with Crippen LogP contribution in [0.25, 0.3) is 0 Å². The van der Waals surface area contributed by atoms with E-state index in [0.29, 0.717) is 6.61 Å². The lowest BCUT2D eigenvalue weighted by molar-refractivity contribution is 0.319. The van der Waals surface area contributed by atoms with E-state index in [2.05, 4.69) is 48.0 Å². The zero-order valence-electron chi connectivity index (χ0n) is 15.3. The fourth-order valence-electron chi connectivity index (χ4n) is 3.59. The highest BCUT2D eigenvalue weighted by molar-refractivity contribution is 5.42. The summed E-state index contributed by atoms with van der Waals surface area (Å²) < 4.78 is 5.40. The van der Waals surface area contributed by atoms with Crippen molar-refractivity contribution in [2.24, 2.45) is 5.92 Å². The average molecular weight is 333 g/mol. The van der Waals surface area contributed by atoms with Crippen LogP contribution in [0, 0.1) is 17.8 Å². The first kappa shape index (κ1) is 17.5. The molecule has 1 aliphatic carbocycles. The van der Waals surface area contributed by atoms with Crippen LogP contribution in [0.2, 0.25) is 0 Å². The molecule has 2 nitrogen and oxygen atoms in total. The minimum absolute atomic E-state index is 0.652. The van der Waals surface area contributed by atoms with Gasteiger partial charge in [-0.1, -0.05) is 31.4 Å². The largest absolute Gasteiger partial charge is 0.492 e. The van der Waals surface area contributed by atoms with Crippen LogP contribution >= 0.6 is 0 Å². The summed E-state index contributed by atoms with van der Waals surface area (Å²) in [5, 5.41) is 0. The molecule has 0 atom stereocenters. The second-order valence-electron chi connectivity index (χ2n) is 6.81. The first-order valence-electron chi connectivity index (χ1n) is 9.49. The molecule has 1 aromatic heterocycles. The molecule has 2 heteroatoms. The summed E-state index contributed by atoms with van der Waals surface area (Å²) in [7, 11) is 0. The molecule has 0 unspecified atom stereocenters. The van der Waals surface area contributed by atoms with E-state index in [0.717, 1.165) is 28.8 Å². The Morgan fingerprint density at radius 3 is 2.32 bits per heavy atom. The highest BCUT2D eigenvalue weighted by Crippen LogP contribution is 2.36. The normalized spacial score (nSPS) is 19.8. The molecular weight excluding hydrogens is 306 g/mol. The van der Waals surface area contributed by atoms with E-state index in [1.54, 1.807) is 6.20 Å². The van der Waals surface area contributed by atoms with Crippen LogP contribution in [0.1, 0.15) is 68.7 Å². The van der Waals surface area contributed by atoms with Crippen molar-refractivity contribution in [1.82, 2.24) is 4.98 Å². The molecule has 130 valence electrons. The van der Waals surface area contributed by atoms with Crippen LogP contribution in [0.15, 0.2) is 42.6 Å².